The fraction of sp³-hybridized carbons (Fsp3) is 0.857. The summed E-state index contributed by atoms with van der Waals surface area (Å²) in [6.45, 7) is 10.6. The minimum absolute atomic E-state index is 0.0642. The van der Waals surface area contributed by atoms with Crippen LogP contribution in [0.3, 0.4) is 0 Å². The monoisotopic (exact) mass is 306 g/mol. The average molecular weight is 306 g/mol. The summed E-state index contributed by atoms with van der Waals surface area (Å²) in [5, 5.41) is 0. The van der Waals surface area contributed by atoms with E-state index in [9.17, 15) is 9.59 Å². The Hall–Kier alpha value is -1.50. The van der Waals surface area contributed by atoms with Crippen molar-refractivity contribution in [3.05, 3.63) is 0 Å². The van der Waals surface area contributed by atoms with Crippen molar-refractivity contribution >= 4 is 12.3 Å². The molecule has 0 saturated carbocycles. The smallest absolute Gasteiger partial charge is 0.432 e. The summed E-state index contributed by atoms with van der Waals surface area (Å²) >= 11 is 0. The zero-order valence-corrected chi connectivity index (χ0v) is 13.6. The van der Waals surface area contributed by atoms with E-state index in [0.29, 0.717) is 0 Å². The number of ether oxygens (including phenoxy) is 5. The largest absolute Gasteiger partial charge is 0.508 e. The molecule has 21 heavy (non-hydrogen) atoms. The summed E-state index contributed by atoms with van der Waals surface area (Å²) < 4.78 is 24.9. The first kappa shape index (κ1) is 19.5. The van der Waals surface area contributed by atoms with E-state index in [1.54, 1.807) is 41.5 Å². The number of hydrogen-bond donors (Lipinski definition) is 0. The maximum atomic E-state index is 11.2. The lowest BCUT2D eigenvalue weighted by Gasteiger charge is -2.18. The lowest BCUT2D eigenvalue weighted by Crippen LogP contribution is -2.27. The number of rotatable bonds is 8. The van der Waals surface area contributed by atoms with Gasteiger partial charge in [-0.05, 0) is 41.5 Å². The molecule has 0 saturated heterocycles. The molecule has 124 valence electrons. The molecule has 0 spiro atoms. The average Bonchev–Trinajstić information content (AvgIpc) is 2.31. The van der Waals surface area contributed by atoms with Gasteiger partial charge in [-0.2, -0.15) is 0 Å². The number of carbonyl (C=O) groups excluding carboxylic acids is 2. The van der Waals surface area contributed by atoms with Gasteiger partial charge < -0.3 is 23.7 Å². The fourth-order valence-corrected chi connectivity index (χ4v) is 1.18. The van der Waals surface area contributed by atoms with Gasteiger partial charge in [0.1, 0.15) is 12.7 Å². The van der Waals surface area contributed by atoms with Crippen LogP contribution in [0.2, 0.25) is 0 Å². The highest BCUT2D eigenvalue weighted by atomic mass is 16.7. The Labute approximate surface area is 125 Å². The SMILES string of the molecule is CC(C)OC(=O)OCC(C)OCC(C)OC(=O)OC(C)C. The Kier molecular flexibility index (Phi) is 9.53. The molecule has 0 fully saturated rings. The maximum absolute atomic E-state index is 11.2. The van der Waals surface area contributed by atoms with Gasteiger partial charge in [-0.1, -0.05) is 0 Å². The van der Waals surface area contributed by atoms with E-state index >= 15 is 0 Å². The van der Waals surface area contributed by atoms with Crippen molar-refractivity contribution in [1.29, 1.82) is 0 Å². The molecule has 7 heteroatoms. The molecule has 0 rings (SSSR count). The molecular weight excluding hydrogens is 280 g/mol. The molecule has 0 radical (unpaired) electrons. The standard InChI is InChI=1S/C14H26O7/c1-9(2)19-13(15)18-7-11(5)17-8-12(6)21-14(16)20-10(3)4/h9-12H,7-8H2,1-6H3. The molecule has 0 aliphatic rings. The van der Waals surface area contributed by atoms with Gasteiger partial charge >= 0.3 is 12.3 Å². The predicted octanol–water partition coefficient (Wildman–Crippen LogP) is 2.90. The minimum Gasteiger partial charge on any atom is -0.432 e. The molecule has 0 aromatic carbocycles. The Morgan fingerprint density at radius 2 is 1.24 bits per heavy atom. The van der Waals surface area contributed by atoms with Gasteiger partial charge in [-0.15, -0.1) is 0 Å². The van der Waals surface area contributed by atoms with Crippen molar-refractivity contribution in [2.75, 3.05) is 13.2 Å². The molecule has 0 heterocycles. The van der Waals surface area contributed by atoms with E-state index in [4.69, 9.17) is 23.7 Å². The third-order valence-corrected chi connectivity index (χ3v) is 2.01. The zero-order chi connectivity index (χ0) is 16.4. The molecule has 0 aromatic rings. The lowest BCUT2D eigenvalue weighted by atomic mass is 10.4. The van der Waals surface area contributed by atoms with Crippen molar-refractivity contribution in [3.8, 4) is 0 Å². The Morgan fingerprint density at radius 1 is 0.714 bits per heavy atom. The van der Waals surface area contributed by atoms with Gasteiger partial charge in [0.15, 0.2) is 0 Å². The van der Waals surface area contributed by atoms with Gasteiger partial charge in [0.2, 0.25) is 0 Å². The Balaban J connectivity index is 3.79. The van der Waals surface area contributed by atoms with E-state index in [1.807, 2.05) is 0 Å². The summed E-state index contributed by atoms with van der Waals surface area (Å²) in [6, 6.07) is 0. The van der Waals surface area contributed by atoms with Crippen molar-refractivity contribution in [2.24, 2.45) is 0 Å². The first-order chi connectivity index (χ1) is 9.70. The second kappa shape index (κ2) is 10.3. The van der Waals surface area contributed by atoms with E-state index < -0.39 is 18.4 Å². The van der Waals surface area contributed by atoms with Crippen LogP contribution in [0.15, 0.2) is 0 Å². The Bertz CT molecular complexity index is 314. The highest BCUT2D eigenvalue weighted by Crippen LogP contribution is 2.02. The molecule has 0 aliphatic heterocycles. The molecule has 0 bridgehead atoms. The van der Waals surface area contributed by atoms with Crippen molar-refractivity contribution in [1.82, 2.24) is 0 Å². The second-order valence-electron chi connectivity index (χ2n) is 5.22. The van der Waals surface area contributed by atoms with Crippen molar-refractivity contribution in [2.45, 2.75) is 66.0 Å². The summed E-state index contributed by atoms with van der Waals surface area (Å²) in [6.07, 6.45) is -2.71. The van der Waals surface area contributed by atoms with Crippen LogP contribution in [0.1, 0.15) is 41.5 Å². The molecule has 0 aromatic heterocycles. The first-order valence-corrected chi connectivity index (χ1v) is 7.03. The normalized spacial score (nSPS) is 13.7. The van der Waals surface area contributed by atoms with Crippen molar-refractivity contribution in [3.63, 3.8) is 0 Å². The second-order valence-corrected chi connectivity index (χ2v) is 5.22. The third kappa shape index (κ3) is 12.0. The summed E-state index contributed by atoms with van der Waals surface area (Å²) in [5.74, 6) is 0. The molecule has 0 amide bonds. The van der Waals surface area contributed by atoms with Crippen molar-refractivity contribution < 1.29 is 33.3 Å². The van der Waals surface area contributed by atoms with E-state index in [-0.39, 0.29) is 31.5 Å². The highest BCUT2D eigenvalue weighted by molar-refractivity contribution is 5.60. The summed E-state index contributed by atoms with van der Waals surface area (Å²) in [5.41, 5.74) is 0. The predicted molar refractivity (Wildman–Crippen MR) is 75.1 cm³/mol. The molecule has 0 N–H and O–H groups in total. The van der Waals surface area contributed by atoms with Gasteiger partial charge in [0, 0.05) is 0 Å². The number of hydrogen-bond acceptors (Lipinski definition) is 7. The molecule has 2 atom stereocenters. The lowest BCUT2D eigenvalue weighted by molar-refractivity contribution is -0.0545. The van der Waals surface area contributed by atoms with Gasteiger partial charge in [-0.25, -0.2) is 9.59 Å². The van der Waals surface area contributed by atoms with Crippen LogP contribution in [0.5, 0.6) is 0 Å². The third-order valence-electron chi connectivity index (χ3n) is 2.01. The van der Waals surface area contributed by atoms with Crippen LogP contribution in [0, 0.1) is 0 Å². The van der Waals surface area contributed by atoms with E-state index in [0.717, 1.165) is 0 Å². The van der Waals surface area contributed by atoms with Crippen LogP contribution in [-0.2, 0) is 23.7 Å². The summed E-state index contributed by atoms with van der Waals surface area (Å²) in [7, 11) is 0. The highest BCUT2D eigenvalue weighted by Gasteiger charge is 2.15. The van der Waals surface area contributed by atoms with Gasteiger partial charge in [-0.3, -0.25) is 0 Å². The van der Waals surface area contributed by atoms with Gasteiger partial charge in [0.05, 0.1) is 24.9 Å². The summed E-state index contributed by atoms with van der Waals surface area (Å²) in [4.78, 5) is 22.4. The molecule has 2 unspecified atom stereocenters. The fourth-order valence-electron chi connectivity index (χ4n) is 1.18. The molecule has 7 nitrogen and oxygen atoms in total. The van der Waals surface area contributed by atoms with Crippen LogP contribution in [0.4, 0.5) is 9.59 Å². The van der Waals surface area contributed by atoms with Crippen LogP contribution < -0.4 is 0 Å². The topological polar surface area (TPSA) is 80.3 Å². The Morgan fingerprint density at radius 3 is 1.76 bits per heavy atom. The van der Waals surface area contributed by atoms with E-state index in [1.165, 1.54) is 0 Å². The van der Waals surface area contributed by atoms with Crippen LogP contribution in [-0.4, -0.2) is 49.9 Å². The van der Waals surface area contributed by atoms with E-state index in [2.05, 4.69) is 0 Å². The molecular formula is C14H26O7. The van der Waals surface area contributed by atoms with Gasteiger partial charge in [0.25, 0.3) is 0 Å². The first-order valence-electron chi connectivity index (χ1n) is 7.03. The quantitative estimate of drug-likeness (QED) is 0.638. The molecule has 0 aliphatic carbocycles. The van der Waals surface area contributed by atoms with Crippen LogP contribution in [0.25, 0.3) is 0 Å². The minimum atomic E-state index is -0.731. The van der Waals surface area contributed by atoms with Crippen LogP contribution >= 0.6 is 0 Å². The number of carbonyl (C=O) groups is 2. The zero-order valence-electron chi connectivity index (χ0n) is 13.6. The maximum Gasteiger partial charge on any atom is 0.508 e.